The molecule has 0 radical (unpaired) electrons. The van der Waals surface area contributed by atoms with Crippen LogP contribution in [-0.2, 0) is 0 Å². The molecule has 2 nitrogen and oxygen atoms in total. The van der Waals surface area contributed by atoms with Crippen molar-refractivity contribution in [2.24, 2.45) is 0 Å². The SMILES string of the molecule is C[C@@H]1CC[C@H](O)CCN1I. The topological polar surface area (TPSA) is 23.5 Å². The Morgan fingerprint density at radius 2 is 2.10 bits per heavy atom. The van der Waals surface area contributed by atoms with E-state index in [0.29, 0.717) is 6.04 Å². The average molecular weight is 255 g/mol. The molecule has 1 N–H and O–H groups in total. The Kier molecular flexibility index (Phi) is 3.39. The molecule has 0 aromatic rings. The van der Waals surface area contributed by atoms with Crippen molar-refractivity contribution >= 4 is 22.9 Å². The Morgan fingerprint density at radius 1 is 1.40 bits per heavy atom. The van der Waals surface area contributed by atoms with Gasteiger partial charge in [-0.2, -0.15) is 0 Å². The molecule has 10 heavy (non-hydrogen) atoms. The van der Waals surface area contributed by atoms with Crippen LogP contribution in [0.5, 0.6) is 0 Å². The second kappa shape index (κ2) is 3.88. The van der Waals surface area contributed by atoms with Gasteiger partial charge in [-0.05, 0) is 26.2 Å². The maximum Gasteiger partial charge on any atom is 0.0553 e. The molecule has 0 aromatic heterocycles. The minimum atomic E-state index is -0.0535. The quantitative estimate of drug-likeness (QED) is 0.524. The highest BCUT2D eigenvalue weighted by Crippen LogP contribution is 2.19. The first kappa shape index (κ1) is 8.74. The number of rotatable bonds is 0. The van der Waals surface area contributed by atoms with Crippen molar-refractivity contribution in [1.29, 1.82) is 0 Å². The Hall–Kier alpha value is 0.650. The summed E-state index contributed by atoms with van der Waals surface area (Å²) in [5.74, 6) is 0. The smallest absolute Gasteiger partial charge is 0.0553 e. The van der Waals surface area contributed by atoms with E-state index in [0.717, 1.165) is 25.8 Å². The van der Waals surface area contributed by atoms with Crippen LogP contribution in [0.3, 0.4) is 0 Å². The molecule has 1 fully saturated rings. The van der Waals surface area contributed by atoms with Gasteiger partial charge in [-0.3, -0.25) is 0 Å². The third-order valence-electron chi connectivity index (χ3n) is 2.07. The van der Waals surface area contributed by atoms with Gasteiger partial charge in [0.25, 0.3) is 0 Å². The first-order valence-corrected chi connectivity index (χ1v) is 4.77. The number of hydrogen-bond acceptors (Lipinski definition) is 2. The molecule has 1 rings (SSSR count). The molecule has 0 saturated carbocycles. The predicted octanol–water partition coefficient (Wildman–Crippen LogP) is 1.57. The van der Waals surface area contributed by atoms with Crippen LogP contribution in [-0.4, -0.2) is 26.9 Å². The summed E-state index contributed by atoms with van der Waals surface area (Å²) in [5.41, 5.74) is 0. The molecule has 0 aromatic carbocycles. The lowest BCUT2D eigenvalue weighted by molar-refractivity contribution is 0.159. The van der Waals surface area contributed by atoms with Gasteiger partial charge in [0.2, 0.25) is 0 Å². The molecular formula is C7H14INO. The van der Waals surface area contributed by atoms with E-state index in [9.17, 15) is 5.11 Å². The lowest BCUT2D eigenvalue weighted by atomic mass is 10.1. The minimum Gasteiger partial charge on any atom is -0.393 e. The van der Waals surface area contributed by atoms with Crippen LogP contribution >= 0.6 is 22.9 Å². The van der Waals surface area contributed by atoms with Crippen molar-refractivity contribution in [1.82, 2.24) is 3.11 Å². The van der Waals surface area contributed by atoms with E-state index in [1.165, 1.54) is 0 Å². The summed E-state index contributed by atoms with van der Waals surface area (Å²) < 4.78 is 2.29. The third kappa shape index (κ3) is 2.36. The van der Waals surface area contributed by atoms with E-state index >= 15 is 0 Å². The van der Waals surface area contributed by atoms with Crippen molar-refractivity contribution in [3.8, 4) is 0 Å². The van der Waals surface area contributed by atoms with Crippen molar-refractivity contribution in [2.45, 2.75) is 38.3 Å². The van der Waals surface area contributed by atoms with Gasteiger partial charge in [-0.15, -0.1) is 0 Å². The normalized spacial score (nSPS) is 37.5. The summed E-state index contributed by atoms with van der Waals surface area (Å²) >= 11 is 2.34. The van der Waals surface area contributed by atoms with Crippen LogP contribution in [0, 0.1) is 0 Å². The van der Waals surface area contributed by atoms with Gasteiger partial charge < -0.3 is 5.11 Å². The van der Waals surface area contributed by atoms with Gasteiger partial charge in [-0.1, -0.05) is 0 Å². The van der Waals surface area contributed by atoms with Crippen LogP contribution in [0.2, 0.25) is 0 Å². The maximum absolute atomic E-state index is 9.29. The van der Waals surface area contributed by atoms with Gasteiger partial charge >= 0.3 is 0 Å². The van der Waals surface area contributed by atoms with Gasteiger partial charge in [0.1, 0.15) is 0 Å². The van der Waals surface area contributed by atoms with E-state index in [-0.39, 0.29) is 6.10 Å². The fraction of sp³-hybridized carbons (Fsp3) is 1.00. The maximum atomic E-state index is 9.29. The molecule has 0 amide bonds. The third-order valence-corrected chi connectivity index (χ3v) is 3.51. The molecule has 0 bridgehead atoms. The predicted molar refractivity (Wildman–Crippen MR) is 50.0 cm³/mol. The number of aliphatic hydroxyl groups is 1. The first-order chi connectivity index (χ1) is 4.70. The first-order valence-electron chi connectivity index (χ1n) is 3.80. The molecule has 1 saturated heterocycles. The number of hydrogen-bond donors (Lipinski definition) is 1. The van der Waals surface area contributed by atoms with Crippen LogP contribution in [0.25, 0.3) is 0 Å². The number of nitrogens with zero attached hydrogens (tertiary/aromatic N) is 1. The lowest BCUT2D eigenvalue weighted by Gasteiger charge is -2.17. The van der Waals surface area contributed by atoms with Crippen molar-refractivity contribution in [3.63, 3.8) is 0 Å². The Labute approximate surface area is 76.1 Å². The largest absolute Gasteiger partial charge is 0.393 e. The van der Waals surface area contributed by atoms with Crippen LogP contribution in [0.1, 0.15) is 26.2 Å². The minimum absolute atomic E-state index is 0.0535. The average Bonchev–Trinajstić information content (AvgIpc) is 2.04. The van der Waals surface area contributed by atoms with Crippen molar-refractivity contribution in [2.75, 3.05) is 6.54 Å². The van der Waals surface area contributed by atoms with Crippen molar-refractivity contribution in [3.05, 3.63) is 0 Å². The highest BCUT2D eigenvalue weighted by Gasteiger charge is 2.18. The molecule has 1 heterocycles. The summed E-state index contributed by atoms with van der Waals surface area (Å²) in [6.07, 6.45) is 2.99. The fourth-order valence-electron chi connectivity index (χ4n) is 1.21. The van der Waals surface area contributed by atoms with E-state index in [1.807, 2.05) is 0 Å². The van der Waals surface area contributed by atoms with E-state index in [1.54, 1.807) is 0 Å². The summed E-state index contributed by atoms with van der Waals surface area (Å²) in [4.78, 5) is 0. The summed E-state index contributed by atoms with van der Waals surface area (Å²) in [6, 6.07) is 0.637. The second-order valence-electron chi connectivity index (χ2n) is 2.99. The summed E-state index contributed by atoms with van der Waals surface area (Å²) in [6.45, 7) is 3.24. The van der Waals surface area contributed by atoms with E-state index < -0.39 is 0 Å². The van der Waals surface area contributed by atoms with E-state index in [2.05, 4.69) is 32.9 Å². The fourth-order valence-corrected chi connectivity index (χ4v) is 1.77. The van der Waals surface area contributed by atoms with Gasteiger partial charge in [0.05, 0.1) is 6.10 Å². The number of halogens is 1. The molecule has 2 atom stereocenters. The zero-order chi connectivity index (χ0) is 7.56. The zero-order valence-corrected chi connectivity index (χ0v) is 8.41. The summed E-state index contributed by atoms with van der Waals surface area (Å²) in [5, 5.41) is 9.29. The molecular weight excluding hydrogens is 241 g/mol. The Balaban J connectivity index is 2.38. The van der Waals surface area contributed by atoms with Crippen LogP contribution in [0.15, 0.2) is 0 Å². The van der Waals surface area contributed by atoms with Gasteiger partial charge in [0, 0.05) is 35.5 Å². The second-order valence-corrected chi connectivity index (χ2v) is 4.23. The van der Waals surface area contributed by atoms with Crippen molar-refractivity contribution < 1.29 is 5.11 Å². The van der Waals surface area contributed by atoms with Gasteiger partial charge in [-0.25, -0.2) is 3.11 Å². The number of aliphatic hydroxyl groups excluding tert-OH is 1. The lowest BCUT2D eigenvalue weighted by Crippen LogP contribution is -2.21. The molecule has 0 spiro atoms. The molecule has 3 heteroatoms. The molecule has 1 aliphatic rings. The Morgan fingerprint density at radius 3 is 2.80 bits per heavy atom. The van der Waals surface area contributed by atoms with Crippen LogP contribution < -0.4 is 0 Å². The highest BCUT2D eigenvalue weighted by molar-refractivity contribution is 14.1. The monoisotopic (exact) mass is 255 g/mol. The Bertz CT molecular complexity index is 97.8. The zero-order valence-electron chi connectivity index (χ0n) is 6.26. The highest BCUT2D eigenvalue weighted by atomic mass is 127. The molecule has 1 aliphatic heterocycles. The van der Waals surface area contributed by atoms with Gasteiger partial charge in [0.15, 0.2) is 0 Å². The standard InChI is InChI=1S/C7H14INO/c1-6-2-3-7(10)4-5-9(6)8/h6-7,10H,2-5H2,1H3/t6-,7+/m1/s1. The van der Waals surface area contributed by atoms with Crippen LogP contribution in [0.4, 0.5) is 0 Å². The molecule has 60 valence electrons. The summed E-state index contributed by atoms with van der Waals surface area (Å²) in [7, 11) is 0. The van der Waals surface area contributed by atoms with E-state index in [4.69, 9.17) is 0 Å². The molecule has 0 aliphatic carbocycles. The molecule has 0 unspecified atom stereocenters.